The van der Waals surface area contributed by atoms with Crippen molar-refractivity contribution in [1.82, 2.24) is 29.0 Å². The first-order chi connectivity index (χ1) is 19.4. The van der Waals surface area contributed by atoms with Crippen LogP contribution in [-0.4, -0.2) is 61.9 Å². The Kier molecular flexibility index (Phi) is 9.78. The Labute approximate surface area is 244 Å². The fraction of sp³-hybridized carbons (Fsp3) is 0.484. The van der Waals surface area contributed by atoms with Crippen LogP contribution in [0.25, 0.3) is 11.0 Å². The summed E-state index contributed by atoms with van der Waals surface area (Å²) in [5, 5.41) is 0. The Morgan fingerprint density at radius 2 is 1.83 bits per heavy atom. The smallest absolute Gasteiger partial charge is 0.420 e. The molecule has 0 N–H and O–H groups in total. The minimum atomic E-state index is -1.12. The Morgan fingerprint density at radius 3 is 2.54 bits per heavy atom. The first kappa shape index (κ1) is 30.6. The Bertz CT molecular complexity index is 1420. The van der Waals surface area contributed by atoms with E-state index in [1.165, 1.54) is 0 Å². The molecule has 0 aliphatic rings. The molecule has 10 heteroatoms. The Balaban J connectivity index is 1.54. The van der Waals surface area contributed by atoms with Gasteiger partial charge in [0.15, 0.2) is 0 Å². The van der Waals surface area contributed by atoms with Gasteiger partial charge < -0.3 is 14.0 Å². The SMILES string of the molecule is CC(c1ccccn1)N(CCc1cn(COCC[Si](C)(C)C)cn1)Cc1nc2ccccc2n1C(=O)OC(C)(C)C. The first-order valence-electron chi connectivity index (χ1n) is 14.3. The van der Waals surface area contributed by atoms with Crippen LogP contribution < -0.4 is 0 Å². The summed E-state index contributed by atoms with van der Waals surface area (Å²) in [4.78, 5) is 29.8. The maximum absolute atomic E-state index is 13.4. The lowest BCUT2D eigenvalue weighted by atomic mass is 10.1. The van der Waals surface area contributed by atoms with Crippen LogP contribution in [0.3, 0.4) is 0 Å². The molecule has 1 unspecified atom stereocenters. The standard InChI is InChI=1S/C31H44N6O3Si/c1-24(26-12-10-11-16-32-26)36(17-15-25-20-35(22-33-25)23-39-18-19-41(5,6)7)21-29-34-27-13-8-9-14-28(27)37(29)30(38)40-31(2,3)4/h8-14,16,20,22,24H,15,17-19,21,23H2,1-7H3. The zero-order valence-electron chi connectivity index (χ0n) is 25.5. The largest absolute Gasteiger partial charge is 0.443 e. The second-order valence-corrected chi connectivity index (χ2v) is 18.3. The predicted molar refractivity (Wildman–Crippen MR) is 164 cm³/mol. The van der Waals surface area contributed by atoms with E-state index in [1.807, 2.05) is 86.5 Å². The van der Waals surface area contributed by atoms with E-state index < -0.39 is 19.8 Å². The molecular formula is C31H44N6O3Si. The summed E-state index contributed by atoms with van der Waals surface area (Å²) in [6.07, 6.45) is 5.99. The number of para-hydroxylation sites is 2. The van der Waals surface area contributed by atoms with Gasteiger partial charge in [-0.2, -0.15) is 0 Å². The zero-order chi connectivity index (χ0) is 29.6. The molecule has 9 nitrogen and oxygen atoms in total. The van der Waals surface area contributed by atoms with Gasteiger partial charge in [0.1, 0.15) is 18.2 Å². The quantitative estimate of drug-likeness (QED) is 0.140. The highest BCUT2D eigenvalue weighted by molar-refractivity contribution is 6.76. The summed E-state index contributed by atoms with van der Waals surface area (Å²) in [5.74, 6) is 0.629. The molecule has 0 aliphatic heterocycles. The molecule has 0 saturated carbocycles. The number of imidazole rings is 2. The summed E-state index contributed by atoms with van der Waals surface area (Å²) >= 11 is 0. The molecule has 0 radical (unpaired) electrons. The van der Waals surface area contributed by atoms with Crippen molar-refractivity contribution in [3.8, 4) is 0 Å². The molecule has 3 aromatic heterocycles. The van der Waals surface area contributed by atoms with E-state index in [1.54, 1.807) is 4.57 Å². The summed E-state index contributed by atoms with van der Waals surface area (Å²) in [6, 6.07) is 14.7. The molecule has 0 spiro atoms. The molecule has 220 valence electrons. The van der Waals surface area contributed by atoms with Crippen molar-refractivity contribution in [1.29, 1.82) is 0 Å². The Hall–Kier alpha value is -3.34. The van der Waals surface area contributed by atoms with E-state index in [-0.39, 0.29) is 6.04 Å². The average Bonchev–Trinajstić information content (AvgIpc) is 3.51. The molecule has 4 rings (SSSR count). The molecule has 3 heterocycles. The van der Waals surface area contributed by atoms with Gasteiger partial charge in [0.05, 0.1) is 35.3 Å². The van der Waals surface area contributed by atoms with Gasteiger partial charge in [-0.15, -0.1) is 0 Å². The van der Waals surface area contributed by atoms with Gasteiger partial charge in [-0.1, -0.05) is 37.8 Å². The molecule has 0 aliphatic carbocycles. The number of aromatic nitrogens is 5. The van der Waals surface area contributed by atoms with Gasteiger partial charge in [-0.25, -0.2) is 19.3 Å². The van der Waals surface area contributed by atoms with Crippen molar-refractivity contribution in [3.05, 3.63) is 78.4 Å². The highest BCUT2D eigenvalue weighted by Crippen LogP contribution is 2.25. The molecule has 1 atom stereocenters. The molecule has 0 fully saturated rings. The lowest BCUT2D eigenvalue weighted by Crippen LogP contribution is -2.33. The van der Waals surface area contributed by atoms with Gasteiger partial charge in [-0.05, 0) is 58.0 Å². The van der Waals surface area contributed by atoms with Crippen molar-refractivity contribution >= 4 is 25.2 Å². The van der Waals surface area contributed by atoms with Crippen molar-refractivity contribution < 1.29 is 14.3 Å². The second kappa shape index (κ2) is 13.1. The van der Waals surface area contributed by atoms with Gasteiger partial charge >= 0.3 is 6.09 Å². The van der Waals surface area contributed by atoms with E-state index >= 15 is 0 Å². The molecule has 41 heavy (non-hydrogen) atoms. The Morgan fingerprint density at radius 1 is 1.07 bits per heavy atom. The number of benzene rings is 1. The topological polar surface area (TPSA) is 87.3 Å². The highest BCUT2D eigenvalue weighted by Gasteiger charge is 2.26. The van der Waals surface area contributed by atoms with Crippen LogP contribution in [0.4, 0.5) is 4.79 Å². The van der Waals surface area contributed by atoms with Crippen LogP contribution in [0.5, 0.6) is 0 Å². The predicted octanol–water partition coefficient (Wildman–Crippen LogP) is 6.53. The normalized spacial score (nSPS) is 13.2. The van der Waals surface area contributed by atoms with E-state index in [0.29, 0.717) is 25.6 Å². The van der Waals surface area contributed by atoms with Crippen LogP contribution in [0.2, 0.25) is 25.7 Å². The van der Waals surface area contributed by atoms with Crippen LogP contribution >= 0.6 is 0 Å². The second-order valence-electron chi connectivity index (χ2n) is 12.7. The fourth-order valence-electron chi connectivity index (χ4n) is 4.51. The van der Waals surface area contributed by atoms with Gasteiger partial charge in [0.2, 0.25) is 0 Å². The summed E-state index contributed by atoms with van der Waals surface area (Å²) in [5.41, 5.74) is 2.80. The lowest BCUT2D eigenvalue weighted by molar-refractivity contribution is 0.0532. The number of rotatable bonds is 12. The highest BCUT2D eigenvalue weighted by atomic mass is 28.3. The average molecular weight is 577 g/mol. The minimum Gasteiger partial charge on any atom is -0.443 e. The maximum Gasteiger partial charge on any atom is 0.420 e. The van der Waals surface area contributed by atoms with E-state index in [0.717, 1.165) is 41.5 Å². The fourth-order valence-corrected chi connectivity index (χ4v) is 5.26. The monoisotopic (exact) mass is 576 g/mol. The van der Waals surface area contributed by atoms with Gasteiger partial charge in [0.25, 0.3) is 0 Å². The summed E-state index contributed by atoms with van der Waals surface area (Å²) in [7, 11) is -1.12. The van der Waals surface area contributed by atoms with Gasteiger partial charge in [0, 0.05) is 46.1 Å². The summed E-state index contributed by atoms with van der Waals surface area (Å²) in [6.45, 7) is 17.2. The van der Waals surface area contributed by atoms with E-state index in [4.69, 9.17) is 14.5 Å². The number of ether oxygens (including phenoxy) is 2. The first-order valence-corrected chi connectivity index (χ1v) is 18.0. The third kappa shape index (κ3) is 8.82. The van der Waals surface area contributed by atoms with Crippen molar-refractivity contribution in [2.75, 3.05) is 13.2 Å². The molecule has 0 saturated heterocycles. The number of nitrogens with zero attached hydrogens (tertiary/aromatic N) is 6. The molecular weight excluding hydrogens is 532 g/mol. The van der Waals surface area contributed by atoms with Crippen LogP contribution in [-0.2, 0) is 29.2 Å². The van der Waals surface area contributed by atoms with E-state index in [2.05, 4.69) is 41.4 Å². The van der Waals surface area contributed by atoms with E-state index in [9.17, 15) is 4.79 Å². The molecule has 4 aromatic rings. The van der Waals surface area contributed by atoms with Crippen molar-refractivity contribution in [2.24, 2.45) is 0 Å². The number of carbonyl (C=O) groups excluding carboxylic acids is 1. The van der Waals surface area contributed by atoms with Gasteiger partial charge in [-0.3, -0.25) is 9.88 Å². The molecule has 0 amide bonds. The van der Waals surface area contributed by atoms with Crippen molar-refractivity contribution in [3.63, 3.8) is 0 Å². The van der Waals surface area contributed by atoms with Crippen LogP contribution in [0, 0.1) is 0 Å². The number of hydrogen-bond acceptors (Lipinski definition) is 7. The number of pyridine rings is 1. The lowest BCUT2D eigenvalue weighted by Gasteiger charge is -2.28. The number of carbonyl (C=O) groups is 1. The van der Waals surface area contributed by atoms with Crippen LogP contribution in [0.1, 0.15) is 50.9 Å². The third-order valence-electron chi connectivity index (χ3n) is 6.79. The van der Waals surface area contributed by atoms with Crippen LogP contribution in [0.15, 0.2) is 61.2 Å². The zero-order valence-corrected chi connectivity index (χ0v) is 26.5. The molecule has 1 aromatic carbocycles. The number of fused-ring (bicyclic) bond motifs is 1. The maximum atomic E-state index is 13.4. The minimum absolute atomic E-state index is 0.0184. The third-order valence-corrected chi connectivity index (χ3v) is 8.50. The van der Waals surface area contributed by atoms with Crippen molar-refractivity contribution in [2.45, 2.75) is 84.7 Å². The molecule has 0 bridgehead atoms. The summed E-state index contributed by atoms with van der Waals surface area (Å²) < 4.78 is 15.3. The number of hydrogen-bond donors (Lipinski definition) is 0.